The second kappa shape index (κ2) is 7.65. The van der Waals surface area contributed by atoms with Gasteiger partial charge >= 0.3 is 6.03 Å². The van der Waals surface area contributed by atoms with Crippen molar-refractivity contribution in [3.8, 4) is 0 Å². The van der Waals surface area contributed by atoms with Crippen LogP contribution in [0.5, 0.6) is 0 Å². The normalized spacial score (nSPS) is 19.1. The summed E-state index contributed by atoms with van der Waals surface area (Å²) in [7, 11) is -2.95. The minimum Gasteiger partial charge on any atom is -0.338 e. The molecule has 0 unspecified atom stereocenters. The fraction of sp³-hybridized carbons (Fsp3) is 0.429. The zero-order valence-corrected chi connectivity index (χ0v) is 13.9. The minimum atomic E-state index is -2.95. The van der Waals surface area contributed by atoms with Crippen LogP contribution < -0.4 is 16.0 Å². The lowest BCUT2D eigenvalue weighted by Gasteiger charge is -2.11. The Labute approximate surface area is 139 Å². The van der Waals surface area contributed by atoms with Gasteiger partial charge in [-0.2, -0.15) is 0 Å². The van der Waals surface area contributed by atoms with Crippen LogP contribution in [0.1, 0.15) is 6.42 Å². The number of amides is 3. The number of benzene rings is 1. The van der Waals surface area contributed by atoms with E-state index < -0.39 is 15.9 Å². The Morgan fingerprint density at radius 1 is 1.17 bits per heavy atom. The lowest BCUT2D eigenvalue weighted by Crippen LogP contribution is -2.41. The van der Waals surface area contributed by atoms with Gasteiger partial charge in [0.15, 0.2) is 9.84 Å². The van der Waals surface area contributed by atoms with Crippen molar-refractivity contribution in [2.24, 2.45) is 5.92 Å². The van der Waals surface area contributed by atoms with Crippen LogP contribution in [0.2, 0.25) is 5.02 Å². The van der Waals surface area contributed by atoms with Gasteiger partial charge in [0.25, 0.3) is 0 Å². The topological polar surface area (TPSA) is 104 Å². The fourth-order valence-corrected chi connectivity index (χ4v) is 4.22. The average molecular weight is 360 g/mol. The molecule has 0 bridgehead atoms. The summed E-state index contributed by atoms with van der Waals surface area (Å²) in [5.74, 6) is -0.158. The van der Waals surface area contributed by atoms with E-state index in [1.165, 1.54) is 0 Å². The molecule has 23 heavy (non-hydrogen) atoms. The molecule has 1 aromatic carbocycles. The molecule has 3 N–H and O–H groups in total. The Morgan fingerprint density at radius 3 is 2.48 bits per heavy atom. The lowest BCUT2D eigenvalue weighted by molar-refractivity contribution is -0.115. The smallest absolute Gasteiger partial charge is 0.315 e. The number of halogens is 1. The molecule has 7 nitrogen and oxygen atoms in total. The fourth-order valence-electron chi connectivity index (χ4n) is 2.23. The number of anilines is 1. The van der Waals surface area contributed by atoms with Crippen molar-refractivity contribution < 1.29 is 18.0 Å². The summed E-state index contributed by atoms with van der Waals surface area (Å²) in [6, 6.07) is 6.10. The second-order valence-electron chi connectivity index (χ2n) is 5.39. The van der Waals surface area contributed by atoms with Crippen LogP contribution in [0.25, 0.3) is 0 Å². The summed E-state index contributed by atoms with van der Waals surface area (Å²) in [5, 5.41) is 8.18. The number of rotatable bonds is 5. The zero-order valence-electron chi connectivity index (χ0n) is 12.3. The number of nitrogens with one attached hydrogen (secondary N) is 3. The average Bonchev–Trinajstić information content (AvgIpc) is 2.85. The van der Waals surface area contributed by atoms with Crippen molar-refractivity contribution in [3.63, 3.8) is 0 Å². The van der Waals surface area contributed by atoms with Gasteiger partial charge < -0.3 is 16.0 Å². The van der Waals surface area contributed by atoms with E-state index in [0.29, 0.717) is 17.1 Å². The molecule has 1 atom stereocenters. The summed E-state index contributed by atoms with van der Waals surface area (Å²) in [6.07, 6.45) is 0.555. The van der Waals surface area contributed by atoms with Crippen LogP contribution in [-0.4, -0.2) is 45.0 Å². The Hall–Kier alpha value is -1.80. The number of hydrogen-bond acceptors (Lipinski definition) is 4. The molecule has 126 valence electrons. The predicted octanol–water partition coefficient (Wildman–Crippen LogP) is 1.01. The van der Waals surface area contributed by atoms with Crippen molar-refractivity contribution in [3.05, 3.63) is 29.3 Å². The molecule has 0 aliphatic carbocycles. The highest BCUT2D eigenvalue weighted by Crippen LogP contribution is 2.17. The third kappa shape index (κ3) is 6.07. The molecular weight excluding hydrogens is 342 g/mol. The molecule has 9 heteroatoms. The summed E-state index contributed by atoms with van der Waals surface area (Å²) >= 11 is 5.74. The first-order valence-electron chi connectivity index (χ1n) is 7.11. The van der Waals surface area contributed by atoms with Crippen molar-refractivity contribution >= 4 is 39.1 Å². The Balaban J connectivity index is 1.66. The molecular formula is C14H18ClN3O4S. The molecule has 1 fully saturated rings. The molecule has 1 aromatic rings. The number of carbonyl (C=O) groups excluding carboxylic acids is 2. The first kappa shape index (κ1) is 17.6. The van der Waals surface area contributed by atoms with Crippen LogP contribution in [0.4, 0.5) is 10.5 Å². The minimum absolute atomic E-state index is 0.0614. The van der Waals surface area contributed by atoms with Crippen molar-refractivity contribution in [2.45, 2.75) is 6.42 Å². The van der Waals surface area contributed by atoms with Crippen LogP contribution >= 0.6 is 11.6 Å². The molecule has 1 aliphatic rings. The van der Waals surface area contributed by atoms with Crippen LogP contribution in [0, 0.1) is 5.92 Å². The van der Waals surface area contributed by atoms with E-state index in [4.69, 9.17) is 11.6 Å². The SMILES string of the molecule is O=C(CNC(=O)NC[C@@H]1CCS(=O)(=O)C1)Nc1ccc(Cl)cc1. The molecule has 0 spiro atoms. The maximum absolute atomic E-state index is 11.7. The molecule has 1 heterocycles. The van der Waals surface area contributed by atoms with Crippen LogP contribution in [-0.2, 0) is 14.6 Å². The lowest BCUT2D eigenvalue weighted by atomic mass is 10.1. The van der Waals surface area contributed by atoms with E-state index in [0.717, 1.165) is 0 Å². The van der Waals surface area contributed by atoms with Gasteiger partial charge in [0.2, 0.25) is 5.91 Å². The predicted molar refractivity (Wildman–Crippen MR) is 88.2 cm³/mol. The molecule has 0 radical (unpaired) electrons. The highest BCUT2D eigenvalue weighted by molar-refractivity contribution is 7.91. The van der Waals surface area contributed by atoms with E-state index in [-0.39, 0.29) is 36.4 Å². The van der Waals surface area contributed by atoms with Crippen LogP contribution in [0.15, 0.2) is 24.3 Å². The van der Waals surface area contributed by atoms with E-state index in [2.05, 4.69) is 16.0 Å². The van der Waals surface area contributed by atoms with Gasteiger partial charge in [0.1, 0.15) is 0 Å². The van der Waals surface area contributed by atoms with Gasteiger partial charge in [-0.3, -0.25) is 4.79 Å². The Bertz CT molecular complexity index is 676. The summed E-state index contributed by atoms with van der Waals surface area (Å²) in [5.41, 5.74) is 0.581. The van der Waals surface area contributed by atoms with E-state index in [1.54, 1.807) is 24.3 Å². The molecule has 3 amide bonds. The summed E-state index contributed by atoms with van der Waals surface area (Å²) < 4.78 is 22.6. The maximum atomic E-state index is 11.7. The van der Waals surface area contributed by atoms with Gasteiger partial charge in [0.05, 0.1) is 18.1 Å². The molecule has 0 saturated carbocycles. The summed E-state index contributed by atoms with van der Waals surface area (Å²) in [6.45, 7) is 0.0985. The second-order valence-corrected chi connectivity index (χ2v) is 8.05. The largest absolute Gasteiger partial charge is 0.338 e. The highest BCUT2D eigenvalue weighted by Gasteiger charge is 2.27. The Morgan fingerprint density at radius 2 is 1.87 bits per heavy atom. The van der Waals surface area contributed by atoms with Gasteiger partial charge in [-0.1, -0.05) is 11.6 Å². The van der Waals surface area contributed by atoms with Gasteiger partial charge in [-0.25, -0.2) is 13.2 Å². The molecule has 0 aromatic heterocycles. The first-order valence-corrected chi connectivity index (χ1v) is 9.31. The van der Waals surface area contributed by atoms with Gasteiger partial charge in [-0.05, 0) is 36.6 Å². The van der Waals surface area contributed by atoms with E-state index in [1.807, 2.05) is 0 Å². The standard InChI is InChI=1S/C14H18ClN3O4S/c15-11-1-3-12(4-2-11)18-13(19)8-17-14(20)16-7-10-5-6-23(21,22)9-10/h1-4,10H,5-9H2,(H,18,19)(H2,16,17,20)/t10-/m0/s1. The molecule has 2 rings (SSSR count). The monoisotopic (exact) mass is 359 g/mol. The third-order valence-electron chi connectivity index (χ3n) is 3.42. The molecule has 1 saturated heterocycles. The quantitative estimate of drug-likeness (QED) is 0.729. The maximum Gasteiger partial charge on any atom is 0.315 e. The first-order chi connectivity index (χ1) is 10.8. The van der Waals surface area contributed by atoms with E-state index in [9.17, 15) is 18.0 Å². The van der Waals surface area contributed by atoms with Gasteiger partial charge in [-0.15, -0.1) is 0 Å². The number of urea groups is 1. The van der Waals surface area contributed by atoms with Crippen molar-refractivity contribution in [2.75, 3.05) is 29.9 Å². The third-order valence-corrected chi connectivity index (χ3v) is 5.50. The molecule has 1 aliphatic heterocycles. The van der Waals surface area contributed by atoms with Crippen LogP contribution in [0.3, 0.4) is 0 Å². The zero-order chi connectivity index (χ0) is 16.9. The number of carbonyl (C=O) groups is 2. The van der Waals surface area contributed by atoms with Crippen molar-refractivity contribution in [1.82, 2.24) is 10.6 Å². The highest BCUT2D eigenvalue weighted by atomic mass is 35.5. The number of hydrogen-bond donors (Lipinski definition) is 3. The number of sulfone groups is 1. The Kier molecular flexibility index (Phi) is 5.84. The van der Waals surface area contributed by atoms with E-state index >= 15 is 0 Å². The van der Waals surface area contributed by atoms with Gasteiger partial charge in [0, 0.05) is 17.3 Å². The van der Waals surface area contributed by atoms with Crippen molar-refractivity contribution in [1.29, 1.82) is 0 Å². The summed E-state index contributed by atoms with van der Waals surface area (Å²) in [4.78, 5) is 23.3.